The van der Waals surface area contributed by atoms with Gasteiger partial charge in [0.2, 0.25) is 0 Å². The van der Waals surface area contributed by atoms with Crippen LogP contribution in [0.3, 0.4) is 0 Å². The summed E-state index contributed by atoms with van der Waals surface area (Å²) in [5, 5.41) is 9.47. The van der Waals surface area contributed by atoms with Gasteiger partial charge in [0, 0.05) is 22.7 Å². The zero-order valence-corrected chi connectivity index (χ0v) is 7.00. The van der Waals surface area contributed by atoms with Crippen molar-refractivity contribution in [3.63, 3.8) is 0 Å². The summed E-state index contributed by atoms with van der Waals surface area (Å²) >= 11 is 3.55. The fourth-order valence-electron chi connectivity index (χ4n) is 0.704. The van der Waals surface area contributed by atoms with Crippen LogP contribution in [0, 0.1) is 0 Å². The molecule has 4 heteroatoms. The molecule has 0 bridgehead atoms. The van der Waals surface area contributed by atoms with Crippen molar-refractivity contribution in [3.8, 4) is 0 Å². The second kappa shape index (κ2) is 3.93. The number of carboxylic acids is 1. The van der Waals surface area contributed by atoms with Crippen molar-refractivity contribution >= 4 is 29.5 Å². The molecule has 1 rings (SSSR count). The fraction of sp³-hybridized carbons (Fsp3) is 0.500. The number of aliphatic carboxylic acids is 1. The van der Waals surface area contributed by atoms with Crippen molar-refractivity contribution < 1.29 is 9.90 Å². The number of thioether (sulfide) groups is 2. The number of rotatable bonds is 1. The quantitative estimate of drug-likeness (QED) is 0.613. The summed E-state index contributed by atoms with van der Waals surface area (Å²) in [6.07, 6.45) is 1.32. The Hall–Kier alpha value is -0.0900. The van der Waals surface area contributed by atoms with Crippen LogP contribution >= 0.6 is 23.5 Å². The van der Waals surface area contributed by atoms with E-state index in [4.69, 9.17) is 5.11 Å². The molecule has 0 aromatic rings. The number of carboxylic acid groups (broad SMARTS) is 1. The molecule has 0 aromatic carbocycles. The maximum atomic E-state index is 10.2. The first-order valence-corrected chi connectivity index (χ1v) is 5.18. The Morgan fingerprint density at radius 1 is 1.50 bits per heavy atom. The molecule has 0 unspecified atom stereocenters. The van der Waals surface area contributed by atoms with E-state index in [1.54, 1.807) is 23.5 Å². The van der Waals surface area contributed by atoms with Crippen LogP contribution in [0.1, 0.15) is 0 Å². The third-order valence-corrected chi connectivity index (χ3v) is 3.55. The molecule has 0 radical (unpaired) electrons. The second-order valence-corrected chi connectivity index (χ2v) is 4.29. The minimum absolute atomic E-state index is 0.821. The van der Waals surface area contributed by atoms with E-state index in [1.807, 2.05) is 0 Å². The van der Waals surface area contributed by atoms with Crippen molar-refractivity contribution in [3.05, 3.63) is 11.6 Å². The molecule has 56 valence electrons. The third-order valence-electron chi connectivity index (χ3n) is 1.07. The Kier molecular flexibility index (Phi) is 3.15. The third kappa shape index (κ3) is 2.66. The standard InChI is InChI=1S/C6H8O2S2/c7-6(8)1-5-2-9-4-10-3-5/h1H,2-4H2,(H,7,8). The van der Waals surface area contributed by atoms with E-state index in [1.165, 1.54) is 6.08 Å². The monoisotopic (exact) mass is 176 g/mol. The van der Waals surface area contributed by atoms with Crippen molar-refractivity contribution in [2.24, 2.45) is 0 Å². The predicted molar refractivity (Wildman–Crippen MR) is 45.5 cm³/mol. The summed E-state index contributed by atoms with van der Waals surface area (Å²) in [6.45, 7) is 0. The summed E-state index contributed by atoms with van der Waals surface area (Å²) in [6, 6.07) is 0. The van der Waals surface area contributed by atoms with Gasteiger partial charge >= 0.3 is 5.97 Å². The van der Waals surface area contributed by atoms with Gasteiger partial charge in [0.1, 0.15) is 0 Å². The molecule has 1 N–H and O–H groups in total. The normalized spacial score (nSPS) is 18.6. The lowest BCUT2D eigenvalue weighted by molar-refractivity contribution is -0.131. The Morgan fingerprint density at radius 2 is 2.10 bits per heavy atom. The van der Waals surface area contributed by atoms with Gasteiger partial charge < -0.3 is 5.11 Å². The Balaban J connectivity index is 2.45. The molecule has 0 amide bonds. The van der Waals surface area contributed by atoms with Gasteiger partial charge in [0.05, 0.1) is 0 Å². The minimum atomic E-state index is -0.821. The maximum absolute atomic E-state index is 10.2. The molecule has 10 heavy (non-hydrogen) atoms. The highest BCUT2D eigenvalue weighted by atomic mass is 32.2. The summed E-state index contributed by atoms with van der Waals surface area (Å²) in [7, 11) is 0. The van der Waals surface area contributed by atoms with Crippen LogP contribution in [0.15, 0.2) is 11.6 Å². The first kappa shape index (κ1) is 8.01. The smallest absolute Gasteiger partial charge is 0.328 e. The van der Waals surface area contributed by atoms with Gasteiger partial charge in [0.25, 0.3) is 0 Å². The molecule has 1 fully saturated rings. The Bertz CT molecular complexity index is 157. The molecule has 1 heterocycles. The average Bonchev–Trinajstić information content (AvgIpc) is 1.88. The molecule has 0 aliphatic carbocycles. The van der Waals surface area contributed by atoms with Gasteiger partial charge in [-0.25, -0.2) is 4.79 Å². The zero-order valence-electron chi connectivity index (χ0n) is 5.37. The van der Waals surface area contributed by atoms with E-state index in [2.05, 4.69) is 0 Å². The van der Waals surface area contributed by atoms with Crippen molar-refractivity contribution in [1.29, 1.82) is 0 Å². The zero-order chi connectivity index (χ0) is 7.40. The van der Waals surface area contributed by atoms with E-state index in [9.17, 15) is 4.79 Å². The number of carbonyl (C=O) groups is 1. The lowest BCUT2D eigenvalue weighted by Gasteiger charge is -2.11. The molecule has 1 aliphatic heterocycles. The Morgan fingerprint density at radius 3 is 2.60 bits per heavy atom. The molecular weight excluding hydrogens is 168 g/mol. The van der Waals surface area contributed by atoms with Crippen LogP contribution in [0.2, 0.25) is 0 Å². The highest BCUT2D eigenvalue weighted by Gasteiger charge is 2.06. The average molecular weight is 176 g/mol. The van der Waals surface area contributed by atoms with Crippen LogP contribution < -0.4 is 0 Å². The largest absolute Gasteiger partial charge is 0.478 e. The second-order valence-electron chi connectivity index (χ2n) is 1.96. The van der Waals surface area contributed by atoms with Gasteiger partial charge in [0.15, 0.2) is 0 Å². The van der Waals surface area contributed by atoms with E-state index in [0.29, 0.717) is 0 Å². The van der Waals surface area contributed by atoms with Crippen molar-refractivity contribution in [2.75, 3.05) is 16.6 Å². The fourth-order valence-corrected chi connectivity index (χ4v) is 2.87. The van der Waals surface area contributed by atoms with E-state index in [0.717, 1.165) is 22.2 Å². The molecular formula is C6H8O2S2. The van der Waals surface area contributed by atoms with Gasteiger partial charge in [-0.1, -0.05) is 0 Å². The maximum Gasteiger partial charge on any atom is 0.328 e. The first-order valence-electron chi connectivity index (χ1n) is 2.87. The molecule has 0 saturated carbocycles. The van der Waals surface area contributed by atoms with Crippen LogP contribution in [-0.4, -0.2) is 27.7 Å². The van der Waals surface area contributed by atoms with Crippen molar-refractivity contribution in [2.45, 2.75) is 0 Å². The SMILES string of the molecule is O=C(O)C=C1CSCSC1. The minimum Gasteiger partial charge on any atom is -0.478 e. The van der Waals surface area contributed by atoms with E-state index >= 15 is 0 Å². The summed E-state index contributed by atoms with van der Waals surface area (Å²) in [5.41, 5.74) is 1.04. The van der Waals surface area contributed by atoms with Gasteiger partial charge in [-0.05, 0) is 5.57 Å². The van der Waals surface area contributed by atoms with Crippen LogP contribution in [-0.2, 0) is 4.79 Å². The lowest BCUT2D eigenvalue weighted by atomic mass is 10.3. The Labute approximate surface area is 68.1 Å². The highest BCUT2D eigenvalue weighted by Crippen LogP contribution is 2.24. The summed E-state index contributed by atoms with van der Waals surface area (Å²) in [5.74, 6) is 0.955. The predicted octanol–water partition coefficient (Wildman–Crippen LogP) is 1.43. The van der Waals surface area contributed by atoms with Crippen molar-refractivity contribution in [1.82, 2.24) is 0 Å². The van der Waals surface area contributed by atoms with Crippen LogP contribution in [0.25, 0.3) is 0 Å². The van der Waals surface area contributed by atoms with Gasteiger partial charge in [-0.3, -0.25) is 0 Å². The first-order chi connectivity index (χ1) is 4.79. The van der Waals surface area contributed by atoms with Gasteiger partial charge in [-0.2, -0.15) is 0 Å². The molecule has 2 nitrogen and oxygen atoms in total. The number of hydrogen-bond acceptors (Lipinski definition) is 3. The van der Waals surface area contributed by atoms with Gasteiger partial charge in [-0.15, -0.1) is 23.5 Å². The molecule has 0 atom stereocenters. The molecule has 0 aromatic heterocycles. The molecule has 0 spiro atoms. The molecule has 1 aliphatic rings. The lowest BCUT2D eigenvalue weighted by Crippen LogP contribution is -2.02. The van der Waals surface area contributed by atoms with Crippen LogP contribution in [0.4, 0.5) is 0 Å². The molecule has 1 saturated heterocycles. The topological polar surface area (TPSA) is 37.3 Å². The van der Waals surface area contributed by atoms with E-state index in [-0.39, 0.29) is 0 Å². The van der Waals surface area contributed by atoms with Crippen LogP contribution in [0.5, 0.6) is 0 Å². The van der Waals surface area contributed by atoms with E-state index < -0.39 is 5.97 Å². The summed E-state index contributed by atoms with van der Waals surface area (Å²) in [4.78, 5) is 10.2. The number of hydrogen-bond donors (Lipinski definition) is 1. The summed E-state index contributed by atoms with van der Waals surface area (Å²) < 4.78 is 0. The highest BCUT2D eigenvalue weighted by molar-refractivity contribution is 8.16.